The van der Waals surface area contributed by atoms with Gasteiger partial charge in [0.25, 0.3) is 5.91 Å². The van der Waals surface area contributed by atoms with Gasteiger partial charge in [-0.2, -0.15) is 0 Å². The minimum atomic E-state index is -1.02. The molecule has 1 rings (SSSR count). The molecule has 1 heterocycles. The number of hydrogen-bond acceptors (Lipinski definition) is 4. The third-order valence-electron chi connectivity index (χ3n) is 1.86. The van der Waals surface area contributed by atoms with E-state index in [-0.39, 0.29) is 0 Å². The average Bonchev–Trinajstić information content (AvgIpc) is 2.10. The molecule has 14 heavy (non-hydrogen) atoms. The van der Waals surface area contributed by atoms with Gasteiger partial charge in [-0.05, 0) is 0 Å². The van der Waals surface area contributed by atoms with Crippen molar-refractivity contribution in [2.45, 2.75) is 12.2 Å². The second kappa shape index (κ2) is 3.50. The maximum Gasteiger partial charge on any atom is 0.325 e. The number of rotatable bonds is 1. The average molecular weight is 201 g/mol. The molecule has 1 fully saturated rings. The highest BCUT2D eigenvalue weighted by Gasteiger charge is 2.37. The monoisotopic (exact) mass is 201 g/mol. The lowest BCUT2D eigenvalue weighted by Gasteiger charge is -2.33. The molecule has 0 radical (unpaired) electrons. The van der Waals surface area contributed by atoms with Gasteiger partial charge in [-0.15, -0.1) is 0 Å². The normalized spacial score (nSPS) is 27.1. The Kier molecular flexibility index (Phi) is 2.56. The highest BCUT2D eigenvalue weighted by molar-refractivity contribution is 6.00. The summed E-state index contributed by atoms with van der Waals surface area (Å²) in [6.45, 7) is 0. The fraction of sp³-hybridized carbons (Fsp3) is 0.500. The van der Waals surface area contributed by atoms with Crippen molar-refractivity contribution < 1.29 is 14.4 Å². The predicted octanol–water partition coefficient (Wildman–Crippen LogP) is -2.51. The van der Waals surface area contributed by atoms with E-state index in [1.807, 2.05) is 0 Å². The van der Waals surface area contributed by atoms with Crippen LogP contribution in [0.25, 0.3) is 0 Å². The topological polar surface area (TPSA) is 131 Å². The Bertz CT molecular complexity index is 291. The number of nitrogens with two attached hydrogens (primary N) is 2. The number of amides is 5. The maximum absolute atomic E-state index is 11.3. The summed E-state index contributed by atoms with van der Waals surface area (Å²) in [7, 11) is 1.29. The van der Waals surface area contributed by atoms with Gasteiger partial charge in [0.05, 0.1) is 0 Å². The summed E-state index contributed by atoms with van der Waals surface area (Å²) in [6, 6.07) is -2.51. The van der Waals surface area contributed by atoms with Crippen LogP contribution in [0.2, 0.25) is 0 Å². The van der Waals surface area contributed by atoms with E-state index in [0.29, 0.717) is 0 Å². The van der Waals surface area contributed by atoms with Crippen LogP contribution in [0.4, 0.5) is 9.59 Å². The summed E-state index contributed by atoms with van der Waals surface area (Å²) in [5.41, 5.74) is 10.3. The van der Waals surface area contributed by atoms with Crippen molar-refractivity contribution in [1.29, 1.82) is 0 Å². The Labute approximate surface area is 79.6 Å². The minimum absolute atomic E-state index is 0.576. The second-order valence-corrected chi connectivity index (χ2v) is 2.86. The molecule has 8 heteroatoms. The first-order chi connectivity index (χ1) is 6.43. The molecule has 1 aliphatic heterocycles. The number of urea groups is 2. The largest absolute Gasteiger partial charge is 0.352 e. The van der Waals surface area contributed by atoms with Crippen molar-refractivity contribution in [2.24, 2.45) is 11.5 Å². The number of primary amides is 1. The van der Waals surface area contributed by atoms with Crippen LogP contribution >= 0.6 is 0 Å². The molecule has 0 aromatic heterocycles. The minimum Gasteiger partial charge on any atom is -0.352 e. The zero-order chi connectivity index (χ0) is 10.9. The lowest BCUT2D eigenvalue weighted by atomic mass is 10.2. The van der Waals surface area contributed by atoms with Crippen molar-refractivity contribution >= 4 is 18.0 Å². The smallest absolute Gasteiger partial charge is 0.325 e. The van der Waals surface area contributed by atoms with Crippen LogP contribution in [-0.2, 0) is 4.79 Å². The summed E-state index contributed by atoms with van der Waals surface area (Å²) < 4.78 is 0. The molecule has 1 aliphatic rings. The van der Waals surface area contributed by atoms with Crippen LogP contribution in [0, 0.1) is 0 Å². The van der Waals surface area contributed by atoms with E-state index in [4.69, 9.17) is 11.5 Å². The van der Waals surface area contributed by atoms with Gasteiger partial charge < -0.3 is 22.1 Å². The fourth-order valence-electron chi connectivity index (χ4n) is 1.07. The summed E-state index contributed by atoms with van der Waals surface area (Å²) >= 11 is 0. The van der Waals surface area contributed by atoms with Gasteiger partial charge >= 0.3 is 12.1 Å². The summed E-state index contributed by atoms with van der Waals surface area (Å²) in [5.74, 6) is -0.576. The standard InChI is InChI=1S/C6H11N5O3/c1-11-4(12)2(7)3(9-5(8)13)10-6(11)14/h2-3H,7H2,1H3,(H,10,14)(H3,8,9,13)/t2-,3+/m1/s1. The van der Waals surface area contributed by atoms with Crippen LogP contribution in [0.1, 0.15) is 0 Å². The predicted molar refractivity (Wildman–Crippen MR) is 45.8 cm³/mol. The van der Waals surface area contributed by atoms with Gasteiger partial charge in [0, 0.05) is 7.05 Å². The first-order valence-corrected chi connectivity index (χ1v) is 3.83. The maximum atomic E-state index is 11.3. The van der Waals surface area contributed by atoms with E-state index >= 15 is 0 Å². The van der Waals surface area contributed by atoms with E-state index in [1.165, 1.54) is 7.05 Å². The zero-order valence-electron chi connectivity index (χ0n) is 7.48. The van der Waals surface area contributed by atoms with Gasteiger partial charge in [-0.3, -0.25) is 9.69 Å². The molecule has 78 valence electrons. The number of carbonyl (C=O) groups excluding carboxylic acids is 3. The molecule has 8 nitrogen and oxygen atoms in total. The van der Waals surface area contributed by atoms with E-state index in [9.17, 15) is 14.4 Å². The van der Waals surface area contributed by atoms with Gasteiger partial charge in [0.15, 0.2) is 0 Å². The second-order valence-electron chi connectivity index (χ2n) is 2.86. The van der Waals surface area contributed by atoms with Crippen molar-refractivity contribution in [3.63, 3.8) is 0 Å². The SMILES string of the molecule is CN1C(=O)N[C@H](NC(N)=O)[C@@H](N)C1=O. The molecule has 2 atom stereocenters. The highest BCUT2D eigenvalue weighted by atomic mass is 16.2. The highest BCUT2D eigenvalue weighted by Crippen LogP contribution is 2.02. The Morgan fingerprint density at radius 1 is 1.57 bits per heavy atom. The molecule has 0 unspecified atom stereocenters. The third kappa shape index (κ3) is 1.74. The van der Waals surface area contributed by atoms with Crippen LogP contribution in [0.15, 0.2) is 0 Å². The number of carbonyl (C=O) groups is 3. The lowest BCUT2D eigenvalue weighted by molar-refractivity contribution is -0.130. The van der Waals surface area contributed by atoms with Gasteiger partial charge in [0.1, 0.15) is 12.2 Å². The van der Waals surface area contributed by atoms with Crippen molar-refractivity contribution in [3.8, 4) is 0 Å². The van der Waals surface area contributed by atoms with E-state index in [1.54, 1.807) is 0 Å². The summed E-state index contributed by atoms with van der Waals surface area (Å²) in [5, 5.41) is 4.45. The van der Waals surface area contributed by atoms with Gasteiger partial charge in [-0.1, -0.05) is 0 Å². The molecule has 0 saturated carbocycles. The van der Waals surface area contributed by atoms with E-state index in [2.05, 4.69) is 10.6 Å². The number of hydrogen-bond donors (Lipinski definition) is 4. The van der Waals surface area contributed by atoms with Crippen LogP contribution in [0.3, 0.4) is 0 Å². The number of nitrogens with zero attached hydrogens (tertiary/aromatic N) is 1. The molecule has 0 aromatic rings. The number of nitrogens with one attached hydrogen (secondary N) is 2. The molecule has 0 spiro atoms. The number of likely N-dealkylation sites (N-methyl/N-ethyl adjacent to an activating group) is 1. The number of imide groups is 1. The Balaban J connectivity index is 2.75. The molecule has 0 aromatic carbocycles. The van der Waals surface area contributed by atoms with E-state index < -0.39 is 30.2 Å². The van der Waals surface area contributed by atoms with Crippen LogP contribution in [0.5, 0.6) is 0 Å². The van der Waals surface area contributed by atoms with Gasteiger partial charge in [-0.25, -0.2) is 9.59 Å². The molecular formula is C6H11N5O3. The molecule has 5 amide bonds. The van der Waals surface area contributed by atoms with Crippen molar-refractivity contribution in [2.75, 3.05) is 7.05 Å². The first kappa shape index (κ1) is 10.3. The quantitative estimate of drug-likeness (QED) is 0.373. The Morgan fingerprint density at radius 2 is 2.14 bits per heavy atom. The lowest BCUT2D eigenvalue weighted by Crippen LogP contribution is -2.70. The summed E-state index contributed by atoms with van der Waals surface area (Å²) in [4.78, 5) is 33.7. The zero-order valence-corrected chi connectivity index (χ0v) is 7.48. The Hall–Kier alpha value is -1.83. The van der Waals surface area contributed by atoms with Crippen LogP contribution in [-0.4, -0.2) is 42.1 Å². The van der Waals surface area contributed by atoms with Crippen LogP contribution < -0.4 is 22.1 Å². The molecule has 0 aliphatic carbocycles. The van der Waals surface area contributed by atoms with E-state index in [0.717, 1.165) is 4.90 Å². The summed E-state index contributed by atoms with van der Waals surface area (Å²) in [6.07, 6.45) is -0.955. The van der Waals surface area contributed by atoms with Crippen molar-refractivity contribution in [1.82, 2.24) is 15.5 Å². The first-order valence-electron chi connectivity index (χ1n) is 3.83. The van der Waals surface area contributed by atoms with Crippen molar-refractivity contribution in [3.05, 3.63) is 0 Å². The van der Waals surface area contributed by atoms with Gasteiger partial charge in [0.2, 0.25) is 0 Å². The molecule has 0 bridgehead atoms. The molecule has 1 saturated heterocycles. The molecule has 6 N–H and O–H groups in total. The molecular weight excluding hydrogens is 190 g/mol. The Morgan fingerprint density at radius 3 is 2.64 bits per heavy atom. The fourth-order valence-corrected chi connectivity index (χ4v) is 1.07. The third-order valence-corrected chi connectivity index (χ3v) is 1.86.